The Hall–Kier alpha value is -1.64. The largest absolute Gasteiger partial charge is 0.382 e. The minimum atomic E-state index is -1.37. The molecule has 0 aliphatic rings. The predicted molar refractivity (Wildman–Crippen MR) is 81.5 cm³/mol. The van der Waals surface area contributed by atoms with Crippen LogP contribution in [-0.4, -0.2) is 10.2 Å². The van der Waals surface area contributed by atoms with E-state index in [1.807, 2.05) is 62.4 Å². The molecule has 2 nitrogen and oxygen atoms in total. The van der Waals surface area contributed by atoms with Crippen LogP contribution in [0.2, 0.25) is 0 Å². The van der Waals surface area contributed by atoms with Gasteiger partial charge in [0.2, 0.25) is 0 Å². The highest BCUT2D eigenvalue weighted by Crippen LogP contribution is 2.40. The van der Waals surface area contributed by atoms with Crippen molar-refractivity contribution in [2.45, 2.75) is 38.9 Å². The second-order valence-corrected chi connectivity index (χ2v) is 5.88. The van der Waals surface area contributed by atoms with E-state index in [2.05, 4.69) is 0 Å². The van der Waals surface area contributed by atoms with Crippen LogP contribution in [0.4, 0.5) is 0 Å². The van der Waals surface area contributed by atoms with E-state index < -0.39 is 11.2 Å². The number of benzene rings is 2. The van der Waals surface area contributed by atoms with Crippen LogP contribution in [0.15, 0.2) is 48.5 Å². The van der Waals surface area contributed by atoms with Gasteiger partial charge in [-0.2, -0.15) is 0 Å². The Bertz CT molecular complexity index is 557. The highest BCUT2D eigenvalue weighted by molar-refractivity contribution is 5.35. The summed E-state index contributed by atoms with van der Waals surface area (Å²) in [6.45, 7) is 7.26. The van der Waals surface area contributed by atoms with Crippen LogP contribution in [-0.2, 0) is 11.2 Å². The molecule has 20 heavy (non-hydrogen) atoms. The first kappa shape index (κ1) is 14.8. The number of rotatable bonds is 3. The second kappa shape index (κ2) is 5.04. The van der Waals surface area contributed by atoms with E-state index in [0.29, 0.717) is 11.1 Å². The van der Waals surface area contributed by atoms with E-state index in [4.69, 9.17) is 0 Å². The molecule has 2 atom stereocenters. The molecule has 2 heteroatoms. The van der Waals surface area contributed by atoms with Crippen LogP contribution in [0.1, 0.15) is 36.1 Å². The van der Waals surface area contributed by atoms with Crippen molar-refractivity contribution in [3.05, 3.63) is 70.8 Å². The fraction of sp³-hybridized carbons (Fsp3) is 0.333. The maximum absolute atomic E-state index is 10.9. The average molecular weight is 270 g/mol. The molecule has 2 rings (SSSR count). The molecule has 2 aromatic rings. The lowest BCUT2D eigenvalue weighted by Crippen LogP contribution is -2.45. The Morgan fingerprint density at radius 3 is 1.35 bits per heavy atom. The fourth-order valence-corrected chi connectivity index (χ4v) is 2.46. The minimum Gasteiger partial charge on any atom is -0.382 e. The topological polar surface area (TPSA) is 40.5 Å². The van der Waals surface area contributed by atoms with Crippen molar-refractivity contribution in [3.63, 3.8) is 0 Å². The third-order valence-electron chi connectivity index (χ3n) is 4.11. The zero-order chi connectivity index (χ0) is 15.0. The van der Waals surface area contributed by atoms with E-state index in [1.54, 1.807) is 13.8 Å². The van der Waals surface area contributed by atoms with E-state index in [9.17, 15) is 10.2 Å². The summed E-state index contributed by atoms with van der Waals surface area (Å²) in [7, 11) is 0. The van der Waals surface area contributed by atoms with Gasteiger partial charge in [0, 0.05) is 0 Å². The lowest BCUT2D eigenvalue weighted by atomic mass is 9.75. The molecule has 0 saturated heterocycles. The first-order valence-electron chi connectivity index (χ1n) is 6.84. The van der Waals surface area contributed by atoms with Crippen LogP contribution < -0.4 is 0 Å². The van der Waals surface area contributed by atoms with Crippen molar-refractivity contribution in [2.75, 3.05) is 0 Å². The van der Waals surface area contributed by atoms with Gasteiger partial charge in [0.05, 0.1) is 0 Å². The highest BCUT2D eigenvalue weighted by Gasteiger charge is 2.44. The van der Waals surface area contributed by atoms with E-state index in [-0.39, 0.29) is 0 Å². The standard InChI is InChI=1S/C18H22O2/c1-13-7-5-9-15(11-13)17(3,19)18(4,20)16-10-6-8-14(2)12-16/h5-12,19-20H,1-4H3. The Morgan fingerprint density at radius 2 is 1.05 bits per heavy atom. The maximum Gasteiger partial charge on any atom is 0.119 e. The molecule has 2 aromatic carbocycles. The van der Waals surface area contributed by atoms with Crippen molar-refractivity contribution < 1.29 is 10.2 Å². The summed E-state index contributed by atoms with van der Waals surface area (Å²) in [5.74, 6) is 0. The average Bonchev–Trinajstić information content (AvgIpc) is 2.38. The fourth-order valence-electron chi connectivity index (χ4n) is 2.46. The van der Waals surface area contributed by atoms with Crippen LogP contribution in [0.5, 0.6) is 0 Å². The third-order valence-corrected chi connectivity index (χ3v) is 4.11. The SMILES string of the molecule is Cc1cccc(C(C)(O)C(C)(O)c2cccc(C)c2)c1. The van der Waals surface area contributed by atoms with Crippen molar-refractivity contribution in [1.82, 2.24) is 0 Å². The van der Waals surface area contributed by atoms with Gasteiger partial charge in [-0.15, -0.1) is 0 Å². The Kier molecular flexibility index (Phi) is 3.72. The predicted octanol–water partition coefficient (Wildman–Crippen LogP) is 3.42. The molecular weight excluding hydrogens is 248 g/mol. The van der Waals surface area contributed by atoms with Gasteiger partial charge < -0.3 is 10.2 Å². The molecule has 0 saturated carbocycles. The van der Waals surface area contributed by atoms with Crippen molar-refractivity contribution in [1.29, 1.82) is 0 Å². The summed E-state index contributed by atoms with van der Waals surface area (Å²) in [6.07, 6.45) is 0. The third kappa shape index (κ3) is 2.49. The summed E-state index contributed by atoms with van der Waals surface area (Å²) in [4.78, 5) is 0. The monoisotopic (exact) mass is 270 g/mol. The lowest BCUT2D eigenvalue weighted by molar-refractivity contribution is -0.143. The highest BCUT2D eigenvalue weighted by atomic mass is 16.4. The normalized spacial score (nSPS) is 17.3. The van der Waals surface area contributed by atoms with Gasteiger partial charge in [0.25, 0.3) is 0 Å². The molecule has 0 spiro atoms. The molecule has 0 aromatic heterocycles. The smallest absolute Gasteiger partial charge is 0.119 e. The molecule has 0 radical (unpaired) electrons. The molecule has 0 fully saturated rings. The molecule has 106 valence electrons. The Labute approximate surface area is 120 Å². The number of hydrogen-bond acceptors (Lipinski definition) is 2. The molecule has 2 unspecified atom stereocenters. The molecule has 0 amide bonds. The lowest BCUT2D eigenvalue weighted by Gasteiger charge is -2.39. The second-order valence-electron chi connectivity index (χ2n) is 5.88. The van der Waals surface area contributed by atoms with Gasteiger partial charge in [0.15, 0.2) is 0 Å². The van der Waals surface area contributed by atoms with Gasteiger partial charge >= 0.3 is 0 Å². The number of hydrogen-bond donors (Lipinski definition) is 2. The summed E-state index contributed by atoms with van der Waals surface area (Å²) in [6, 6.07) is 15.2. The molecule has 0 heterocycles. The van der Waals surface area contributed by atoms with Gasteiger partial charge in [-0.05, 0) is 38.8 Å². The maximum atomic E-state index is 10.9. The molecule has 0 bridgehead atoms. The van der Waals surface area contributed by atoms with Crippen LogP contribution in [0.25, 0.3) is 0 Å². The van der Waals surface area contributed by atoms with Crippen molar-refractivity contribution in [2.24, 2.45) is 0 Å². The summed E-state index contributed by atoms with van der Waals surface area (Å²) in [5.41, 5.74) is 0.804. The van der Waals surface area contributed by atoms with Crippen LogP contribution >= 0.6 is 0 Å². The van der Waals surface area contributed by atoms with Crippen LogP contribution in [0.3, 0.4) is 0 Å². The summed E-state index contributed by atoms with van der Waals surface area (Å²) >= 11 is 0. The molecule has 0 aliphatic carbocycles. The van der Waals surface area contributed by atoms with Crippen molar-refractivity contribution in [3.8, 4) is 0 Å². The van der Waals surface area contributed by atoms with Crippen molar-refractivity contribution >= 4 is 0 Å². The van der Waals surface area contributed by atoms with Gasteiger partial charge in [-0.3, -0.25) is 0 Å². The Balaban J connectivity index is 2.51. The zero-order valence-electron chi connectivity index (χ0n) is 12.5. The van der Waals surface area contributed by atoms with Gasteiger partial charge in [-0.1, -0.05) is 59.7 Å². The van der Waals surface area contributed by atoms with E-state index in [1.165, 1.54) is 0 Å². The molecular formula is C18H22O2. The zero-order valence-corrected chi connectivity index (χ0v) is 12.5. The van der Waals surface area contributed by atoms with Gasteiger partial charge in [-0.25, -0.2) is 0 Å². The first-order valence-corrected chi connectivity index (χ1v) is 6.84. The van der Waals surface area contributed by atoms with Gasteiger partial charge in [0.1, 0.15) is 11.2 Å². The summed E-state index contributed by atoms with van der Waals surface area (Å²) < 4.78 is 0. The van der Waals surface area contributed by atoms with E-state index >= 15 is 0 Å². The first-order chi connectivity index (χ1) is 9.25. The molecule has 0 aliphatic heterocycles. The van der Waals surface area contributed by atoms with E-state index in [0.717, 1.165) is 11.1 Å². The Morgan fingerprint density at radius 1 is 0.700 bits per heavy atom. The number of aryl methyl sites for hydroxylation is 2. The number of aliphatic hydroxyl groups is 2. The molecule has 2 N–H and O–H groups in total. The minimum absolute atomic E-state index is 0.712. The quantitative estimate of drug-likeness (QED) is 0.897. The van der Waals surface area contributed by atoms with Crippen LogP contribution in [0, 0.1) is 13.8 Å². The summed E-state index contributed by atoms with van der Waals surface area (Å²) in [5, 5.41) is 21.9.